The van der Waals surface area contributed by atoms with Crippen LogP contribution < -0.4 is 5.32 Å². The third-order valence-corrected chi connectivity index (χ3v) is 3.94. The summed E-state index contributed by atoms with van der Waals surface area (Å²) >= 11 is 1.29. The Morgan fingerprint density at radius 3 is 2.57 bits per heavy atom. The molecule has 2 aromatic rings. The molecule has 0 aliphatic heterocycles. The predicted molar refractivity (Wildman–Crippen MR) is 82.3 cm³/mol. The summed E-state index contributed by atoms with van der Waals surface area (Å²) in [5, 5.41) is 11.8. The number of carbonyl (C=O) groups excluding carboxylic acids is 2. The molecule has 1 N–H and O–H groups in total. The predicted octanol–water partition coefficient (Wildman–Crippen LogP) is 3.33. The van der Waals surface area contributed by atoms with Crippen molar-refractivity contribution in [3.05, 3.63) is 51.7 Å². The van der Waals surface area contributed by atoms with E-state index >= 15 is 0 Å². The Morgan fingerprint density at radius 2 is 2.00 bits per heavy atom. The van der Waals surface area contributed by atoms with Crippen molar-refractivity contribution in [1.82, 2.24) is 0 Å². The molecule has 1 amide bonds. The maximum atomic E-state index is 12.2. The fraction of sp³-hybridized carbons (Fsp3) is 0.188. The average Bonchev–Trinajstić information content (AvgIpc) is 2.86. The number of hydrogen-bond acceptors (Lipinski definition) is 4. The average molecular weight is 298 g/mol. The highest BCUT2D eigenvalue weighted by Crippen LogP contribution is 2.20. The summed E-state index contributed by atoms with van der Waals surface area (Å²) in [6, 6.07) is 12.4. The van der Waals surface area contributed by atoms with Gasteiger partial charge >= 0.3 is 0 Å². The summed E-state index contributed by atoms with van der Waals surface area (Å²) in [6.45, 7) is 3.77. The van der Waals surface area contributed by atoms with Gasteiger partial charge in [0.25, 0.3) is 0 Å². The van der Waals surface area contributed by atoms with Crippen LogP contribution in [-0.2, 0) is 4.79 Å². The van der Waals surface area contributed by atoms with Crippen LogP contribution in [0.3, 0.4) is 0 Å². The maximum absolute atomic E-state index is 12.2. The zero-order valence-electron chi connectivity index (χ0n) is 11.7. The van der Waals surface area contributed by atoms with Gasteiger partial charge in [0.15, 0.2) is 11.7 Å². The number of ketones is 1. The van der Waals surface area contributed by atoms with Crippen molar-refractivity contribution in [2.24, 2.45) is 5.92 Å². The summed E-state index contributed by atoms with van der Waals surface area (Å²) in [5.74, 6) is -2.39. The van der Waals surface area contributed by atoms with Gasteiger partial charge in [0.05, 0.1) is 10.9 Å². The number of amides is 1. The molecule has 0 saturated carbocycles. The Bertz CT molecular complexity index is 728. The summed E-state index contributed by atoms with van der Waals surface area (Å²) < 4.78 is 0. The summed E-state index contributed by atoms with van der Waals surface area (Å²) in [6.07, 6.45) is 0. The fourth-order valence-corrected chi connectivity index (χ4v) is 2.72. The molecule has 0 unspecified atom stereocenters. The van der Waals surface area contributed by atoms with E-state index in [2.05, 4.69) is 5.32 Å². The molecule has 4 nitrogen and oxygen atoms in total. The summed E-state index contributed by atoms with van der Waals surface area (Å²) in [5.41, 5.74) is 1.57. The van der Waals surface area contributed by atoms with Crippen molar-refractivity contribution >= 4 is 28.7 Å². The number of Topliss-reactive ketones (excluding diaryl/α,β-unsaturated/α-hetero) is 1. The first kappa shape index (κ1) is 14.9. The van der Waals surface area contributed by atoms with E-state index in [1.165, 1.54) is 11.3 Å². The van der Waals surface area contributed by atoms with E-state index < -0.39 is 17.6 Å². The van der Waals surface area contributed by atoms with Gasteiger partial charge in [-0.2, -0.15) is 5.26 Å². The molecule has 106 valence electrons. The topological polar surface area (TPSA) is 70.0 Å². The van der Waals surface area contributed by atoms with Gasteiger partial charge in [-0.15, -0.1) is 11.3 Å². The highest BCUT2D eigenvalue weighted by molar-refractivity contribution is 7.14. The van der Waals surface area contributed by atoms with Crippen LogP contribution in [0.1, 0.15) is 20.1 Å². The van der Waals surface area contributed by atoms with Gasteiger partial charge in [0.1, 0.15) is 0 Å². The Hall–Kier alpha value is -2.45. The summed E-state index contributed by atoms with van der Waals surface area (Å²) in [7, 11) is 0. The van der Waals surface area contributed by atoms with Gasteiger partial charge in [-0.1, -0.05) is 12.1 Å². The van der Waals surface area contributed by atoms with Crippen LogP contribution in [0.5, 0.6) is 0 Å². The minimum atomic E-state index is -1.33. The quantitative estimate of drug-likeness (QED) is 0.695. The lowest BCUT2D eigenvalue weighted by Gasteiger charge is -2.09. The standard InChI is InChI=1S/C16H14N2O2S/c1-10-4-3-5-12(8-10)18-16(20)13(9-17)15(19)14-7-6-11(2)21-14/h3-8,13H,1-2H3,(H,18,20)/t13-/m1/s1. The highest BCUT2D eigenvalue weighted by Gasteiger charge is 2.28. The minimum absolute atomic E-state index is 0.429. The molecule has 1 heterocycles. The molecule has 2 rings (SSSR count). The van der Waals surface area contributed by atoms with Gasteiger partial charge in [0, 0.05) is 10.6 Å². The normalized spacial score (nSPS) is 11.5. The van der Waals surface area contributed by atoms with Crippen LogP contribution in [0, 0.1) is 31.1 Å². The fourth-order valence-electron chi connectivity index (χ4n) is 1.88. The Balaban J connectivity index is 2.16. The van der Waals surface area contributed by atoms with Crippen LogP contribution in [0.4, 0.5) is 5.69 Å². The maximum Gasteiger partial charge on any atom is 0.249 e. The van der Waals surface area contributed by atoms with Gasteiger partial charge in [-0.3, -0.25) is 9.59 Å². The first-order valence-corrected chi connectivity index (χ1v) is 7.20. The lowest BCUT2D eigenvalue weighted by molar-refractivity contribution is -0.117. The molecule has 21 heavy (non-hydrogen) atoms. The molecule has 0 spiro atoms. The van der Waals surface area contributed by atoms with E-state index in [0.717, 1.165) is 10.4 Å². The smallest absolute Gasteiger partial charge is 0.249 e. The monoisotopic (exact) mass is 298 g/mol. The number of rotatable bonds is 4. The number of nitrogens with one attached hydrogen (secondary N) is 1. The van der Waals surface area contributed by atoms with Crippen molar-refractivity contribution in [3.63, 3.8) is 0 Å². The van der Waals surface area contributed by atoms with E-state index in [-0.39, 0.29) is 0 Å². The molecule has 0 saturated heterocycles. The van der Waals surface area contributed by atoms with Crippen LogP contribution in [0.15, 0.2) is 36.4 Å². The summed E-state index contributed by atoms with van der Waals surface area (Å²) in [4.78, 5) is 25.7. The highest BCUT2D eigenvalue weighted by atomic mass is 32.1. The zero-order valence-corrected chi connectivity index (χ0v) is 12.5. The van der Waals surface area contributed by atoms with Crippen molar-refractivity contribution in [2.45, 2.75) is 13.8 Å². The molecule has 0 fully saturated rings. The molecule has 1 atom stereocenters. The van der Waals surface area contributed by atoms with Gasteiger partial charge < -0.3 is 5.32 Å². The largest absolute Gasteiger partial charge is 0.325 e. The van der Waals surface area contributed by atoms with E-state index in [9.17, 15) is 9.59 Å². The van der Waals surface area contributed by atoms with Crippen molar-refractivity contribution < 1.29 is 9.59 Å². The second-order valence-corrected chi connectivity index (χ2v) is 5.98. The Labute approximate surface area is 127 Å². The van der Waals surface area contributed by atoms with Crippen LogP contribution >= 0.6 is 11.3 Å². The second-order valence-electron chi connectivity index (χ2n) is 4.70. The molecular formula is C16H14N2O2S. The third-order valence-electron chi connectivity index (χ3n) is 2.92. The first-order valence-electron chi connectivity index (χ1n) is 6.39. The zero-order chi connectivity index (χ0) is 15.4. The van der Waals surface area contributed by atoms with Gasteiger partial charge in [0.2, 0.25) is 5.91 Å². The van der Waals surface area contributed by atoms with E-state index in [4.69, 9.17) is 5.26 Å². The molecule has 0 radical (unpaired) electrons. The number of thiophene rings is 1. The van der Waals surface area contributed by atoms with E-state index in [0.29, 0.717) is 10.6 Å². The second kappa shape index (κ2) is 6.33. The molecule has 0 aliphatic carbocycles. The molecular weight excluding hydrogens is 284 g/mol. The molecule has 5 heteroatoms. The van der Waals surface area contributed by atoms with E-state index in [1.807, 2.05) is 19.9 Å². The van der Waals surface area contributed by atoms with Crippen molar-refractivity contribution in [1.29, 1.82) is 5.26 Å². The van der Waals surface area contributed by atoms with Gasteiger partial charge in [-0.05, 0) is 43.7 Å². The third kappa shape index (κ3) is 3.56. The van der Waals surface area contributed by atoms with Crippen LogP contribution in [-0.4, -0.2) is 11.7 Å². The number of nitriles is 1. The minimum Gasteiger partial charge on any atom is -0.325 e. The number of anilines is 1. The van der Waals surface area contributed by atoms with Crippen LogP contribution in [0.2, 0.25) is 0 Å². The molecule has 0 bridgehead atoms. The van der Waals surface area contributed by atoms with Gasteiger partial charge in [-0.25, -0.2) is 0 Å². The molecule has 0 aliphatic rings. The van der Waals surface area contributed by atoms with E-state index in [1.54, 1.807) is 36.4 Å². The Kier molecular flexibility index (Phi) is 4.51. The van der Waals surface area contributed by atoms with Crippen LogP contribution in [0.25, 0.3) is 0 Å². The number of aryl methyl sites for hydroxylation is 2. The first-order chi connectivity index (χ1) is 10.0. The number of carbonyl (C=O) groups is 2. The number of benzene rings is 1. The number of hydrogen-bond donors (Lipinski definition) is 1. The lowest BCUT2D eigenvalue weighted by Crippen LogP contribution is -2.28. The molecule has 1 aromatic carbocycles. The van der Waals surface area contributed by atoms with Crippen molar-refractivity contribution in [2.75, 3.05) is 5.32 Å². The lowest BCUT2D eigenvalue weighted by atomic mass is 10.0. The SMILES string of the molecule is Cc1cccc(NC(=O)[C@H](C#N)C(=O)c2ccc(C)s2)c1. The molecule has 1 aromatic heterocycles. The van der Waals surface area contributed by atoms with Crippen molar-refractivity contribution in [3.8, 4) is 6.07 Å². The number of nitrogens with zero attached hydrogens (tertiary/aromatic N) is 1. The Morgan fingerprint density at radius 1 is 1.24 bits per heavy atom.